The number of aliphatic carboxylic acids is 1. The average Bonchev–Trinajstić information content (AvgIpc) is 3.83. The van der Waals surface area contributed by atoms with E-state index in [9.17, 15) is 39.1 Å². The first-order chi connectivity index (χ1) is 30.7. The monoisotopic (exact) mass is 940 g/mol. The minimum atomic E-state index is -4.18. The lowest BCUT2D eigenvalue weighted by molar-refractivity contribution is -0.232. The molecule has 0 spiro atoms. The van der Waals surface area contributed by atoms with Gasteiger partial charge in [-0.2, -0.15) is 0 Å². The largest absolute Gasteiger partial charge is 0.532 e. The third-order valence-corrected chi connectivity index (χ3v) is 19.9. The molecule has 0 aromatic carbocycles. The Bertz CT molecular complexity index is 2250. The number of ketones is 2. The van der Waals surface area contributed by atoms with Crippen LogP contribution in [-0.2, 0) is 56.3 Å². The number of phosphoric ester groups is 1. The van der Waals surface area contributed by atoms with Gasteiger partial charge in [0.2, 0.25) is 5.60 Å². The maximum absolute atomic E-state index is 14.1. The highest BCUT2D eigenvalue weighted by atomic mass is 31.2. The first-order valence-electron chi connectivity index (χ1n) is 24.1. The molecular formula is C50H69O15P. The van der Waals surface area contributed by atoms with Crippen molar-refractivity contribution < 1.29 is 71.6 Å². The number of aliphatic hydroxyl groups excluding tert-OH is 2. The van der Waals surface area contributed by atoms with Crippen LogP contribution in [-0.4, -0.2) is 99.2 Å². The Morgan fingerprint density at radius 3 is 1.53 bits per heavy atom. The predicted octanol–water partition coefficient (Wildman–Crippen LogP) is 7.34. The Kier molecular flexibility index (Phi) is 11.4. The molecule has 8 aliphatic carbocycles. The highest BCUT2D eigenvalue weighted by Crippen LogP contribution is 2.73. The summed E-state index contributed by atoms with van der Waals surface area (Å²) in [7, 11) is -4.18. The second-order valence-electron chi connectivity index (χ2n) is 22.5. The summed E-state index contributed by atoms with van der Waals surface area (Å²) in [6, 6.07) is 0. The summed E-state index contributed by atoms with van der Waals surface area (Å²) >= 11 is 0. The van der Waals surface area contributed by atoms with E-state index >= 15 is 0 Å². The van der Waals surface area contributed by atoms with Crippen LogP contribution in [0.2, 0.25) is 0 Å². The fourth-order valence-electron chi connectivity index (χ4n) is 16.1. The molecular weight excluding hydrogens is 872 g/mol. The summed E-state index contributed by atoms with van der Waals surface area (Å²) in [6.45, 7) is 18.5. The number of allylic oxidation sites excluding steroid dienone is 8. The van der Waals surface area contributed by atoms with Crippen molar-refractivity contribution in [1.82, 2.24) is 0 Å². The lowest BCUT2D eigenvalue weighted by Crippen LogP contribution is -2.63. The van der Waals surface area contributed by atoms with E-state index in [1.54, 1.807) is 65.8 Å². The summed E-state index contributed by atoms with van der Waals surface area (Å²) < 4.78 is 54.3. The minimum Gasteiger partial charge on any atom is -0.479 e. The second kappa shape index (κ2) is 15.6. The van der Waals surface area contributed by atoms with Crippen molar-refractivity contribution in [2.24, 2.45) is 57.2 Å². The Balaban J connectivity index is 0.000000171. The van der Waals surface area contributed by atoms with Gasteiger partial charge in [-0.3, -0.25) is 18.6 Å². The smallest absolute Gasteiger partial charge is 0.479 e. The van der Waals surface area contributed by atoms with E-state index in [1.807, 2.05) is 26.0 Å². The number of carbonyl (C=O) groups excluding carboxylic acids is 3. The summed E-state index contributed by atoms with van der Waals surface area (Å²) in [6.07, 6.45) is 12.9. The van der Waals surface area contributed by atoms with Crippen LogP contribution in [0, 0.1) is 57.2 Å². The maximum atomic E-state index is 14.1. The number of phosphoric acid groups is 1. The van der Waals surface area contributed by atoms with Crippen molar-refractivity contribution in [3.63, 3.8) is 0 Å². The third-order valence-electron chi connectivity index (χ3n) is 18.4. The van der Waals surface area contributed by atoms with E-state index in [0.717, 1.165) is 36.8 Å². The van der Waals surface area contributed by atoms with Gasteiger partial charge in [0, 0.05) is 33.5 Å². The highest BCUT2D eigenvalue weighted by Gasteiger charge is 2.80. The number of carboxylic acids is 1. The molecule has 16 heteroatoms. The second-order valence-corrected chi connectivity index (χ2v) is 24.1. The Morgan fingerprint density at radius 2 is 1.11 bits per heavy atom. The number of rotatable bonds is 7. The molecule has 16 atom stereocenters. The van der Waals surface area contributed by atoms with E-state index in [4.69, 9.17) is 32.5 Å². The molecule has 10 rings (SSSR count). The zero-order valence-electron chi connectivity index (χ0n) is 40.0. The van der Waals surface area contributed by atoms with E-state index in [1.165, 1.54) is 0 Å². The van der Waals surface area contributed by atoms with Crippen molar-refractivity contribution in [3.8, 4) is 0 Å². The van der Waals surface area contributed by atoms with Gasteiger partial charge < -0.3 is 38.8 Å². The van der Waals surface area contributed by atoms with Gasteiger partial charge in [0.25, 0.3) is 0 Å². The molecule has 2 heterocycles. The van der Waals surface area contributed by atoms with Gasteiger partial charge in [-0.15, -0.1) is 0 Å². The molecule has 15 nitrogen and oxygen atoms in total. The van der Waals surface area contributed by atoms with Crippen LogP contribution in [0.5, 0.6) is 0 Å². The van der Waals surface area contributed by atoms with Crippen LogP contribution in [0.4, 0.5) is 0 Å². The molecule has 0 radical (unpaired) electrons. The van der Waals surface area contributed by atoms with Gasteiger partial charge in [0.05, 0.1) is 25.4 Å². The van der Waals surface area contributed by atoms with E-state index in [0.29, 0.717) is 19.3 Å². The molecule has 3 N–H and O–H groups in total. The number of aliphatic hydroxyl groups is 2. The lowest BCUT2D eigenvalue weighted by atomic mass is 9.46. The number of carboxylic acid groups (broad SMARTS) is 1. The van der Waals surface area contributed by atoms with Crippen molar-refractivity contribution in [2.75, 3.05) is 13.2 Å². The minimum absolute atomic E-state index is 0.00956. The maximum Gasteiger partial charge on any atom is 0.532 e. The Hall–Kier alpha value is -2.85. The molecule has 6 saturated carbocycles. The molecule has 0 bridgehead atoms. The van der Waals surface area contributed by atoms with Crippen LogP contribution in [0.15, 0.2) is 47.6 Å². The number of fused-ring (bicyclic) bond motifs is 14. The summed E-state index contributed by atoms with van der Waals surface area (Å²) in [5, 5.41) is 33.4. The molecule has 66 heavy (non-hydrogen) atoms. The summed E-state index contributed by atoms with van der Waals surface area (Å²) in [5.74, 6) is -3.77. The molecule has 0 aromatic rings. The molecule has 8 fully saturated rings. The van der Waals surface area contributed by atoms with Gasteiger partial charge >= 0.3 is 19.8 Å². The zero-order chi connectivity index (χ0) is 48.0. The quantitative estimate of drug-likeness (QED) is 0.213. The molecule has 10 aliphatic rings. The van der Waals surface area contributed by atoms with Crippen LogP contribution in [0.3, 0.4) is 0 Å². The van der Waals surface area contributed by atoms with Crippen molar-refractivity contribution in [3.05, 3.63) is 47.6 Å². The van der Waals surface area contributed by atoms with Gasteiger partial charge in [0.1, 0.15) is 12.2 Å². The van der Waals surface area contributed by atoms with Crippen LogP contribution >= 0.6 is 7.82 Å². The van der Waals surface area contributed by atoms with Gasteiger partial charge in [0.15, 0.2) is 28.7 Å². The van der Waals surface area contributed by atoms with Crippen LogP contribution in [0.25, 0.3) is 0 Å². The van der Waals surface area contributed by atoms with Gasteiger partial charge in [-0.1, -0.05) is 51.0 Å². The van der Waals surface area contributed by atoms with Crippen molar-refractivity contribution >= 4 is 31.3 Å². The standard InChI is InChI=1S/C27H39O9P.C23H30O6/c1-7-32-37(31,33-8-2)35-23(30)27-21(34-24(3,4)36-27)14-19-18-10-9-16-13-17(28)11-12-25(16,5)22(18)20(29)15-26(19,27)6;1-20(2)28-17-10-15-14-6-5-12-9-13(24)7-8-21(12,3)18(14)16(25)11-22(15,4)23(17,29-20)19(26)27/h11-13,18-22,29H,7-10,14-15H2,1-6H3;7-9,14-18,25H,5-6,10-11H2,1-4H3,(H,26,27)/t18?,19?,20-,21+,22?,25?,26?,27-;14?,15?,16-,17+,18?,21?,22?,23-/m00/s1. The van der Waals surface area contributed by atoms with Crippen molar-refractivity contribution in [2.45, 2.75) is 168 Å². The van der Waals surface area contributed by atoms with E-state index < -0.39 is 83.2 Å². The fourth-order valence-corrected chi connectivity index (χ4v) is 17.3. The predicted molar refractivity (Wildman–Crippen MR) is 237 cm³/mol. The molecule has 2 saturated heterocycles. The lowest BCUT2D eigenvalue weighted by Gasteiger charge is -2.59. The number of carbonyl (C=O) groups is 4. The zero-order valence-corrected chi connectivity index (χ0v) is 40.9. The number of ether oxygens (including phenoxy) is 4. The topological polar surface area (TPSA) is 211 Å². The Labute approximate surface area is 387 Å². The first-order valence-corrected chi connectivity index (χ1v) is 25.5. The summed E-state index contributed by atoms with van der Waals surface area (Å²) in [4.78, 5) is 50.7. The molecule has 0 aromatic heterocycles. The Morgan fingerprint density at radius 1 is 0.697 bits per heavy atom. The van der Waals surface area contributed by atoms with Crippen LogP contribution in [0.1, 0.15) is 121 Å². The van der Waals surface area contributed by atoms with E-state index in [-0.39, 0.29) is 72.1 Å². The fraction of sp³-hybridized carbons (Fsp3) is 0.760. The van der Waals surface area contributed by atoms with Gasteiger partial charge in [-0.05, 0) is 141 Å². The molecule has 2 aliphatic heterocycles. The SMILES string of the molecule is CC1(C)O[C@@H]2CC3C4CCC5=CC(=O)C=CC5(C)C4[C@@H](O)CC3(C)[C@]2(C(=O)O)O1.CCOP(=O)(OCC)OC(=O)[C@@]12OC(C)(C)O[C@@H]1CC1C3CCC4=CC(=O)C=CC4(C)C3[C@@H](O)CC12C. The summed E-state index contributed by atoms with van der Waals surface area (Å²) in [5.41, 5.74) is -3.28. The third kappa shape index (κ3) is 6.67. The molecule has 364 valence electrons. The first kappa shape index (κ1) is 48.2. The van der Waals surface area contributed by atoms with E-state index in [2.05, 4.69) is 13.8 Å². The van der Waals surface area contributed by atoms with Crippen molar-refractivity contribution in [1.29, 1.82) is 0 Å². The molecule has 0 amide bonds. The van der Waals surface area contributed by atoms with Crippen LogP contribution < -0.4 is 0 Å². The van der Waals surface area contributed by atoms with Gasteiger partial charge in [-0.25, -0.2) is 14.2 Å². The normalized spacial score (nSPS) is 47.6. The number of hydrogen-bond donors (Lipinski definition) is 3. The highest BCUT2D eigenvalue weighted by molar-refractivity contribution is 7.49. The number of hydrogen-bond acceptors (Lipinski definition) is 14. The molecule has 10 unspecified atom stereocenters. The average molecular weight is 941 g/mol.